The summed E-state index contributed by atoms with van der Waals surface area (Å²) in [5.41, 5.74) is 7.58. The van der Waals surface area contributed by atoms with E-state index in [1.54, 1.807) is 5.51 Å². The molecular formula is C17H16N8O5S3. The standard InChI is InChI=1S/C17H16N8O5S3/c1-30-24-10(8-2-19-3-9(18)21-8)13(26)22-11-14(27)25-12(16(28)29)7(4-31-15(11)25)5-32-17-23-20-6-33-17/h2-3,6,11,15H,4-5H2,1H3,(H2,18,21)(H,22,26)(H,28,29)/b24-10-/t11?,15-/m1/s1. The van der Waals surface area contributed by atoms with Gasteiger partial charge in [0.15, 0.2) is 10.1 Å². The third-order valence-corrected chi connectivity index (χ3v) is 7.83. The molecule has 1 saturated heterocycles. The van der Waals surface area contributed by atoms with E-state index >= 15 is 0 Å². The van der Waals surface area contributed by atoms with Gasteiger partial charge in [-0.3, -0.25) is 19.5 Å². The van der Waals surface area contributed by atoms with E-state index in [9.17, 15) is 19.5 Å². The van der Waals surface area contributed by atoms with Crippen LogP contribution in [0.15, 0.2) is 38.7 Å². The Hall–Kier alpha value is -3.24. The predicted molar refractivity (Wildman–Crippen MR) is 120 cm³/mol. The van der Waals surface area contributed by atoms with Gasteiger partial charge in [0.1, 0.15) is 41.2 Å². The molecule has 16 heteroatoms. The number of rotatable bonds is 8. The molecule has 0 saturated carbocycles. The SMILES string of the molecule is CO/N=C(\C(=O)NC1C(=O)N2C(C(=O)O)=C(CSc3nncs3)CS[C@H]12)c1cncc(N)n1. The van der Waals surface area contributed by atoms with E-state index < -0.39 is 29.2 Å². The van der Waals surface area contributed by atoms with Crippen LogP contribution in [0.2, 0.25) is 0 Å². The Morgan fingerprint density at radius 2 is 2.27 bits per heavy atom. The van der Waals surface area contributed by atoms with E-state index in [2.05, 4.69) is 30.6 Å². The molecule has 4 N–H and O–H groups in total. The third-order valence-electron chi connectivity index (χ3n) is 4.54. The lowest BCUT2D eigenvalue weighted by Crippen LogP contribution is -2.71. The van der Waals surface area contributed by atoms with Crippen LogP contribution in [0.4, 0.5) is 5.82 Å². The molecule has 4 heterocycles. The number of β-lactam (4-membered cyclic amide) rings is 1. The third kappa shape index (κ3) is 4.62. The average Bonchev–Trinajstić information content (AvgIpc) is 3.32. The Kier molecular flexibility index (Phi) is 6.75. The Morgan fingerprint density at radius 1 is 1.45 bits per heavy atom. The molecule has 2 aromatic heterocycles. The Balaban J connectivity index is 1.50. The highest BCUT2D eigenvalue weighted by atomic mass is 32.2. The van der Waals surface area contributed by atoms with E-state index in [-0.39, 0.29) is 22.9 Å². The van der Waals surface area contributed by atoms with Gasteiger partial charge in [0, 0.05) is 11.5 Å². The molecule has 172 valence electrons. The summed E-state index contributed by atoms with van der Waals surface area (Å²) in [5, 5.41) is 23.1. The minimum absolute atomic E-state index is 0.0661. The van der Waals surface area contributed by atoms with E-state index in [4.69, 9.17) is 10.6 Å². The van der Waals surface area contributed by atoms with E-state index in [0.717, 1.165) is 0 Å². The summed E-state index contributed by atoms with van der Waals surface area (Å²) in [6.45, 7) is 0. The zero-order valence-electron chi connectivity index (χ0n) is 16.9. The topological polar surface area (TPSA) is 186 Å². The maximum absolute atomic E-state index is 12.9. The van der Waals surface area contributed by atoms with Gasteiger partial charge in [0.05, 0.1) is 12.4 Å². The molecule has 0 aliphatic carbocycles. The summed E-state index contributed by atoms with van der Waals surface area (Å²) in [7, 11) is 1.26. The molecule has 2 aromatic rings. The quantitative estimate of drug-likeness (QED) is 0.185. The van der Waals surface area contributed by atoms with Crippen LogP contribution in [0.25, 0.3) is 0 Å². The van der Waals surface area contributed by atoms with Gasteiger partial charge >= 0.3 is 5.97 Å². The molecule has 0 radical (unpaired) electrons. The number of thioether (sulfide) groups is 2. The number of hydrogen-bond acceptors (Lipinski definition) is 13. The second-order valence-electron chi connectivity index (χ2n) is 6.56. The lowest BCUT2D eigenvalue weighted by atomic mass is 10.0. The molecule has 4 rings (SSSR count). The fraction of sp³-hybridized carbons (Fsp3) is 0.294. The van der Waals surface area contributed by atoms with Crippen LogP contribution in [-0.2, 0) is 19.2 Å². The number of nitrogen functional groups attached to an aromatic ring is 1. The van der Waals surface area contributed by atoms with Gasteiger partial charge in [-0.05, 0) is 5.57 Å². The predicted octanol–water partition coefficient (Wildman–Crippen LogP) is -0.208. The molecule has 0 spiro atoms. The molecule has 2 atom stereocenters. The number of amides is 2. The number of nitrogens with zero attached hydrogens (tertiary/aromatic N) is 6. The molecule has 2 amide bonds. The molecule has 2 aliphatic rings. The number of carboxylic acids is 1. The first-order valence-corrected chi connectivity index (χ1v) is 12.1. The van der Waals surface area contributed by atoms with Gasteiger partial charge in [-0.15, -0.1) is 22.0 Å². The zero-order valence-corrected chi connectivity index (χ0v) is 19.3. The number of anilines is 1. The van der Waals surface area contributed by atoms with Crippen molar-refractivity contribution in [1.29, 1.82) is 0 Å². The number of nitrogens with one attached hydrogen (secondary N) is 1. The van der Waals surface area contributed by atoms with Crippen LogP contribution < -0.4 is 11.1 Å². The maximum Gasteiger partial charge on any atom is 0.352 e. The van der Waals surface area contributed by atoms with Crippen LogP contribution in [0, 0.1) is 0 Å². The van der Waals surface area contributed by atoms with Gasteiger partial charge in [-0.25, -0.2) is 9.78 Å². The van der Waals surface area contributed by atoms with Crippen LogP contribution in [0.1, 0.15) is 5.69 Å². The number of carbonyl (C=O) groups is 3. The molecule has 33 heavy (non-hydrogen) atoms. The summed E-state index contributed by atoms with van der Waals surface area (Å²) in [4.78, 5) is 51.4. The van der Waals surface area contributed by atoms with Crippen molar-refractivity contribution >= 4 is 64.2 Å². The van der Waals surface area contributed by atoms with Crippen molar-refractivity contribution in [3.05, 3.63) is 34.9 Å². The summed E-state index contributed by atoms with van der Waals surface area (Å²) in [6, 6.07) is -0.940. The van der Waals surface area contributed by atoms with Crippen LogP contribution in [0.5, 0.6) is 0 Å². The van der Waals surface area contributed by atoms with Crippen LogP contribution >= 0.6 is 34.9 Å². The fourth-order valence-corrected chi connectivity index (χ4v) is 6.14. The van der Waals surface area contributed by atoms with Gasteiger partial charge in [-0.2, -0.15) is 0 Å². The highest BCUT2D eigenvalue weighted by Gasteiger charge is 2.54. The van der Waals surface area contributed by atoms with Crippen molar-refractivity contribution in [2.75, 3.05) is 24.3 Å². The average molecular weight is 509 g/mol. The number of nitrogens with two attached hydrogens (primary N) is 1. The molecule has 13 nitrogen and oxygen atoms in total. The number of aromatic nitrogens is 4. The summed E-state index contributed by atoms with van der Waals surface area (Å²) in [5.74, 6) is -1.65. The fourth-order valence-electron chi connectivity index (χ4n) is 3.17. The minimum atomic E-state index is -1.21. The van der Waals surface area contributed by atoms with Crippen molar-refractivity contribution in [2.45, 2.75) is 15.8 Å². The second-order valence-corrected chi connectivity index (χ2v) is 9.72. The van der Waals surface area contributed by atoms with Crippen molar-refractivity contribution in [3.8, 4) is 0 Å². The molecular weight excluding hydrogens is 492 g/mol. The first kappa shape index (κ1) is 22.9. The Labute approximate surface area is 198 Å². The first-order valence-electron chi connectivity index (χ1n) is 9.19. The Morgan fingerprint density at radius 3 is 2.94 bits per heavy atom. The summed E-state index contributed by atoms with van der Waals surface area (Å²) in [6.07, 6.45) is 2.59. The molecule has 1 unspecified atom stereocenters. The first-order chi connectivity index (χ1) is 15.9. The number of carbonyl (C=O) groups excluding carboxylic acids is 2. The maximum atomic E-state index is 12.9. The van der Waals surface area contributed by atoms with Crippen molar-refractivity contribution in [3.63, 3.8) is 0 Å². The Bertz CT molecular complexity index is 1160. The zero-order chi connectivity index (χ0) is 23.5. The van der Waals surface area contributed by atoms with E-state index in [0.29, 0.717) is 21.4 Å². The molecule has 0 aromatic carbocycles. The van der Waals surface area contributed by atoms with Crippen molar-refractivity contribution in [1.82, 2.24) is 30.4 Å². The van der Waals surface area contributed by atoms with Gasteiger partial charge in [0.25, 0.3) is 11.8 Å². The largest absolute Gasteiger partial charge is 0.477 e. The molecule has 2 aliphatic heterocycles. The number of fused-ring (bicyclic) bond motifs is 1. The van der Waals surface area contributed by atoms with E-state index in [1.165, 1.54) is 59.3 Å². The van der Waals surface area contributed by atoms with Crippen molar-refractivity contribution in [2.24, 2.45) is 5.16 Å². The number of aliphatic carboxylic acids is 1. The highest BCUT2D eigenvalue weighted by molar-refractivity contribution is 8.01. The van der Waals surface area contributed by atoms with Gasteiger partial charge in [-0.1, -0.05) is 28.3 Å². The van der Waals surface area contributed by atoms with Crippen molar-refractivity contribution < 1.29 is 24.3 Å². The smallest absolute Gasteiger partial charge is 0.352 e. The number of oxime groups is 1. The van der Waals surface area contributed by atoms with Gasteiger partial charge in [0.2, 0.25) is 0 Å². The van der Waals surface area contributed by atoms with Crippen LogP contribution in [-0.4, -0.2) is 83.7 Å². The second kappa shape index (κ2) is 9.72. The lowest BCUT2D eigenvalue weighted by molar-refractivity contribution is -0.150. The highest BCUT2D eigenvalue weighted by Crippen LogP contribution is 2.41. The summed E-state index contributed by atoms with van der Waals surface area (Å²) < 4.78 is 0.703. The molecule has 1 fully saturated rings. The number of hydrogen-bond donors (Lipinski definition) is 3. The minimum Gasteiger partial charge on any atom is -0.477 e. The van der Waals surface area contributed by atoms with Gasteiger partial charge < -0.3 is 21.0 Å². The summed E-state index contributed by atoms with van der Waals surface area (Å²) >= 11 is 4.06. The number of carboxylic acid groups (broad SMARTS) is 1. The van der Waals surface area contributed by atoms with E-state index in [1.807, 2.05) is 0 Å². The lowest BCUT2D eigenvalue weighted by Gasteiger charge is -2.49. The van der Waals surface area contributed by atoms with Crippen LogP contribution in [0.3, 0.4) is 0 Å². The molecule has 0 bridgehead atoms. The monoisotopic (exact) mass is 508 g/mol. The normalized spacial score (nSPS) is 20.2.